The molecule has 0 radical (unpaired) electrons. The first-order valence-corrected chi connectivity index (χ1v) is 42.6. The molecule has 125 heavy (non-hydrogen) atoms. The molecule has 20 aromatic carbocycles. The van der Waals surface area contributed by atoms with Crippen LogP contribution in [0.5, 0.6) is 0 Å². The second-order valence-corrected chi connectivity index (χ2v) is 32.7. The molecular weight excluding hydrogens is 1520 g/mol. The number of hydrogen-bond acceptors (Lipinski definition) is 5. The van der Waals surface area contributed by atoms with Crippen molar-refractivity contribution in [3.8, 4) is 102 Å². The molecule has 0 aliphatic carbocycles. The van der Waals surface area contributed by atoms with Crippen LogP contribution in [-0.2, 0) is 0 Å². The average Bonchev–Trinajstić information content (AvgIpc) is 1.55. The number of benzene rings is 20. The van der Waals surface area contributed by atoms with Crippen LogP contribution in [0.15, 0.2) is 429 Å². The molecule has 0 atom stereocenters. The van der Waals surface area contributed by atoms with E-state index in [2.05, 4.69) is 425 Å². The van der Waals surface area contributed by atoms with E-state index in [4.69, 9.17) is 24.4 Å². The van der Waals surface area contributed by atoms with Crippen LogP contribution in [0.3, 0.4) is 0 Å². The van der Waals surface area contributed by atoms with Crippen molar-refractivity contribution in [1.82, 2.24) is 38.2 Å². The maximum absolute atomic E-state index is 6.63. The summed E-state index contributed by atoms with van der Waals surface area (Å²) in [6, 6.07) is 152. The van der Waals surface area contributed by atoms with E-state index in [0.717, 1.165) is 139 Å². The summed E-state index contributed by atoms with van der Waals surface area (Å²) < 4.78 is 15.9. The Balaban J connectivity index is 0.000000135. The zero-order valence-electron chi connectivity index (χ0n) is 67.4. The third-order valence-corrected chi connectivity index (χ3v) is 25.8. The Hall–Kier alpha value is -16.9. The second kappa shape index (κ2) is 27.9. The van der Waals surface area contributed by atoms with Gasteiger partial charge in [-0.3, -0.25) is 9.13 Å². The molecule has 7 aromatic heterocycles. The molecule has 27 rings (SSSR count). The van der Waals surface area contributed by atoms with Crippen LogP contribution in [0.1, 0.15) is 0 Å². The van der Waals surface area contributed by atoms with E-state index in [1.165, 1.54) is 103 Å². The molecule has 0 aliphatic rings. The highest BCUT2D eigenvalue weighted by atomic mass is 16.3. The SMILES string of the molecule is c1ccc(-c2ccc(-n3c4cccc5ccc6c(-c7ccc8c(c7)c7ccccc7n8-c7nc(-c8ccccc8)cc(-c8ccccc8)n7)ccc3c6c54)cc2)cc1.c1ccc2cc(-c3cc(-c4ccc5ccccc5c4)nc(-n4c5ccccc5c5cc(-c6ccc7c8c6ccc6cccc(c68)n7-c6cccc7c6oc6ccccc67)ccc54)n3)ccc2c1. The van der Waals surface area contributed by atoms with Gasteiger partial charge in [0.1, 0.15) is 5.58 Å². The maximum Gasteiger partial charge on any atom is 0.235 e. The van der Waals surface area contributed by atoms with Crippen molar-refractivity contribution in [2.45, 2.75) is 0 Å². The largest absolute Gasteiger partial charge is 0.454 e. The molecule has 0 spiro atoms. The van der Waals surface area contributed by atoms with E-state index in [-0.39, 0.29) is 0 Å². The Bertz CT molecular complexity index is 8890. The number of nitrogens with zero attached hydrogens (tertiary/aromatic N) is 8. The molecule has 0 saturated carbocycles. The van der Waals surface area contributed by atoms with Gasteiger partial charge in [-0.05, 0) is 186 Å². The molecule has 580 valence electrons. The molecular formula is C116H70N8O. The summed E-state index contributed by atoms with van der Waals surface area (Å²) >= 11 is 0. The third kappa shape index (κ3) is 11.1. The fraction of sp³-hybridized carbons (Fsp3) is 0. The zero-order valence-corrected chi connectivity index (χ0v) is 67.4. The fourth-order valence-electron chi connectivity index (χ4n) is 20.0. The summed E-state index contributed by atoms with van der Waals surface area (Å²) in [7, 11) is 0. The van der Waals surface area contributed by atoms with Gasteiger partial charge in [-0.25, -0.2) is 19.9 Å². The predicted molar refractivity (Wildman–Crippen MR) is 519 cm³/mol. The molecule has 0 aliphatic heterocycles. The van der Waals surface area contributed by atoms with E-state index in [0.29, 0.717) is 11.9 Å². The van der Waals surface area contributed by atoms with Gasteiger partial charge in [0.2, 0.25) is 11.9 Å². The number of aromatic nitrogens is 8. The van der Waals surface area contributed by atoms with Crippen molar-refractivity contribution in [2.24, 2.45) is 0 Å². The first-order valence-electron chi connectivity index (χ1n) is 42.6. The van der Waals surface area contributed by atoms with Crippen molar-refractivity contribution in [2.75, 3.05) is 0 Å². The minimum absolute atomic E-state index is 0.632. The molecule has 9 nitrogen and oxygen atoms in total. The van der Waals surface area contributed by atoms with Crippen LogP contribution in [0.25, 0.3) is 254 Å². The van der Waals surface area contributed by atoms with E-state index >= 15 is 0 Å². The van der Waals surface area contributed by atoms with Gasteiger partial charge in [0.05, 0.1) is 72.6 Å². The van der Waals surface area contributed by atoms with Gasteiger partial charge in [-0.2, -0.15) is 0 Å². The first kappa shape index (κ1) is 70.0. The summed E-state index contributed by atoms with van der Waals surface area (Å²) in [6.07, 6.45) is 0. The van der Waals surface area contributed by atoms with Crippen molar-refractivity contribution >= 4 is 152 Å². The summed E-state index contributed by atoms with van der Waals surface area (Å²) in [5.74, 6) is 1.28. The lowest BCUT2D eigenvalue weighted by Crippen LogP contribution is -2.04. The van der Waals surface area contributed by atoms with Crippen LogP contribution in [0.4, 0.5) is 0 Å². The normalized spacial score (nSPS) is 12.0. The van der Waals surface area contributed by atoms with Gasteiger partial charge in [-0.15, -0.1) is 0 Å². The lowest BCUT2D eigenvalue weighted by Gasteiger charge is -2.13. The summed E-state index contributed by atoms with van der Waals surface area (Å²) in [4.78, 5) is 21.3. The number of rotatable bonds is 11. The van der Waals surface area contributed by atoms with Gasteiger partial charge in [0.15, 0.2) is 5.58 Å². The monoisotopic (exact) mass is 1590 g/mol. The summed E-state index contributed by atoms with van der Waals surface area (Å²) in [5, 5.41) is 21.6. The topological polar surface area (TPSA) is 84.4 Å². The molecule has 0 bridgehead atoms. The molecule has 27 aromatic rings. The fourth-order valence-corrected chi connectivity index (χ4v) is 20.0. The molecule has 0 amide bonds. The van der Waals surface area contributed by atoms with Gasteiger partial charge < -0.3 is 13.6 Å². The molecule has 0 saturated heterocycles. The van der Waals surface area contributed by atoms with Crippen LogP contribution < -0.4 is 0 Å². The number of furan rings is 1. The number of para-hydroxylation sites is 4. The second-order valence-electron chi connectivity index (χ2n) is 32.7. The van der Waals surface area contributed by atoms with Crippen LogP contribution in [-0.4, -0.2) is 38.2 Å². The van der Waals surface area contributed by atoms with Crippen molar-refractivity contribution in [3.63, 3.8) is 0 Å². The molecule has 7 heterocycles. The Morgan fingerprint density at radius 3 is 1.09 bits per heavy atom. The third-order valence-electron chi connectivity index (χ3n) is 25.8. The Kier molecular flexibility index (Phi) is 15.6. The van der Waals surface area contributed by atoms with Crippen LogP contribution in [0, 0.1) is 0 Å². The van der Waals surface area contributed by atoms with Crippen LogP contribution in [0.2, 0.25) is 0 Å². The lowest BCUT2D eigenvalue weighted by atomic mass is 9.94. The Morgan fingerprint density at radius 1 is 0.184 bits per heavy atom. The highest BCUT2D eigenvalue weighted by Crippen LogP contribution is 2.49. The van der Waals surface area contributed by atoms with E-state index in [9.17, 15) is 0 Å². The van der Waals surface area contributed by atoms with Crippen LogP contribution >= 0.6 is 0 Å². The highest BCUT2D eigenvalue weighted by molar-refractivity contribution is 6.29. The quantitative estimate of drug-likeness (QED) is 0.121. The minimum atomic E-state index is 0.632. The average molecular weight is 1590 g/mol. The first-order chi connectivity index (χ1) is 62.0. The summed E-state index contributed by atoms with van der Waals surface area (Å²) in [5.41, 5.74) is 27.8. The predicted octanol–water partition coefficient (Wildman–Crippen LogP) is 30.4. The van der Waals surface area contributed by atoms with E-state index < -0.39 is 0 Å². The van der Waals surface area contributed by atoms with Crippen molar-refractivity contribution in [1.29, 1.82) is 0 Å². The van der Waals surface area contributed by atoms with Crippen molar-refractivity contribution < 1.29 is 4.42 Å². The van der Waals surface area contributed by atoms with Gasteiger partial charge >= 0.3 is 0 Å². The molecule has 0 unspecified atom stereocenters. The van der Waals surface area contributed by atoms with Gasteiger partial charge in [-0.1, -0.05) is 315 Å². The van der Waals surface area contributed by atoms with Gasteiger partial charge in [0.25, 0.3) is 0 Å². The lowest BCUT2D eigenvalue weighted by molar-refractivity contribution is 0.666. The smallest absolute Gasteiger partial charge is 0.235 e. The van der Waals surface area contributed by atoms with E-state index in [1.807, 2.05) is 18.2 Å². The number of fused-ring (bicyclic) bond motifs is 11. The standard InChI is InChI=1S/C62H36N4O.C54H34N4/c1-3-13-40-33-43(25-23-37(40)11-1)51-36-52(44-26-24-38-12-2-4-14-41(38)34-44)64-62(63-51)66-53-19-7-5-16-46(53)50-35-42(28-31-54(50)66)45-30-32-56-60-48(45)29-27-39-15-9-20-55(59(39)60)65(56)57-21-10-18-49-47-17-6-8-22-58(47)67-61(49)57;1-4-13-35(14-5-1)36-23-27-41(28-24-36)57-50-22-12-19-39-25-29-44-42(30-32-51(57)53(44)52(39)50)40-26-31-49-45(33-40)43-20-10-11-21-48(43)58(49)54-55-46(37-15-6-2-7-16-37)34-47(56-54)38-17-8-3-9-18-38/h1-36H;1-34H. The molecule has 0 N–H and O–H groups in total. The minimum Gasteiger partial charge on any atom is -0.454 e. The summed E-state index contributed by atoms with van der Waals surface area (Å²) in [6.45, 7) is 0. The zero-order chi connectivity index (χ0) is 81.9. The Morgan fingerprint density at radius 2 is 0.552 bits per heavy atom. The highest BCUT2D eigenvalue weighted by Gasteiger charge is 2.27. The van der Waals surface area contributed by atoms with E-state index in [1.54, 1.807) is 0 Å². The van der Waals surface area contributed by atoms with Gasteiger partial charge in [0, 0.05) is 81.8 Å². The molecule has 9 heteroatoms. The van der Waals surface area contributed by atoms with Crippen molar-refractivity contribution in [3.05, 3.63) is 425 Å². The molecule has 0 fully saturated rings. The number of hydrogen-bond donors (Lipinski definition) is 0. The Labute approximate surface area is 716 Å². The maximum atomic E-state index is 6.63.